The normalized spacial score (nSPS) is 12.5. The summed E-state index contributed by atoms with van der Waals surface area (Å²) in [5.41, 5.74) is 7.40. The summed E-state index contributed by atoms with van der Waals surface area (Å²) in [7, 11) is 0. The maximum atomic E-state index is 10.6. The average Bonchev–Trinajstić information content (AvgIpc) is 2.19. The van der Waals surface area contributed by atoms with Crippen molar-refractivity contribution in [3.8, 4) is 0 Å². The molecule has 1 atom stereocenters. The number of carbonyl (C=O) groups is 1. The van der Waals surface area contributed by atoms with Gasteiger partial charge in [0.25, 0.3) is 0 Å². The van der Waals surface area contributed by atoms with Crippen molar-refractivity contribution >= 4 is 17.6 Å². The van der Waals surface area contributed by atoms with Gasteiger partial charge in [-0.2, -0.15) is 0 Å². The first-order valence-corrected chi connectivity index (χ1v) is 5.11. The molecule has 1 aromatic carbocycles. The van der Waals surface area contributed by atoms with Gasteiger partial charge in [-0.05, 0) is 30.7 Å². The van der Waals surface area contributed by atoms with Crippen molar-refractivity contribution in [2.45, 2.75) is 19.3 Å². The van der Waals surface area contributed by atoms with Crippen LogP contribution in [-0.2, 0) is 4.79 Å². The molecule has 0 saturated carbocycles. The largest absolute Gasteiger partial charge is 0.481 e. The van der Waals surface area contributed by atoms with E-state index in [1.54, 1.807) is 6.07 Å². The summed E-state index contributed by atoms with van der Waals surface area (Å²) in [5.74, 6) is -1.01. The Kier molecular flexibility index (Phi) is 4.12. The molecule has 0 heterocycles. The molecule has 3 N–H and O–H groups in total. The first kappa shape index (κ1) is 12.0. The quantitative estimate of drug-likeness (QED) is 0.829. The van der Waals surface area contributed by atoms with Crippen LogP contribution >= 0.6 is 11.6 Å². The smallest absolute Gasteiger partial charge is 0.304 e. The van der Waals surface area contributed by atoms with Crippen LogP contribution in [0.3, 0.4) is 0 Å². The molecule has 1 rings (SSSR count). The van der Waals surface area contributed by atoms with Crippen LogP contribution in [0.15, 0.2) is 18.2 Å². The van der Waals surface area contributed by atoms with E-state index in [-0.39, 0.29) is 12.3 Å². The number of halogens is 1. The average molecular weight is 228 g/mol. The Balaban J connectivity index is 3.01. The van der Waals surface area contributed by atoms with Gasteiger partial charge in [-0.1, -0.05) is 23.7 Å². The summed E-state index contributed by atoms with van der Waals surface area (Å²) < 4.78 is 0. The highest BCUT2D eigenvalue weighted by Gasteiger charge is 2.16. The number of hydrogen-bond donors (Lipinski definition) is 2. The lowest BCUT2D eigenvalue weighted by molar-refractivity contribution is -0.137. The zero-order chi connectivity index (χ0) is 11.4. The Labute approximate surface area is 93.9 Å². The highest BCUT2D eigenvalue weighted by atomic mass is 35.5. The monoisotopic (exact) mass is 227 g/mol. The fourth-order valence-corrected chi connectivity index (χ4v) is 1.78. The minimum Gasteiger partial charge on any atom is -0.481 e. The van der Waals surface area contributed by atoms with Crippen molar-refractivity contribution in [2.75, 3.05) is 6.54 Å². The predicted octanol–water partition coefficient (Wildman–Crippen LogP) is 2.17. The molecule has 0 aromatic heterocycles. The zero-order valence-electron chi connectivity index (χ0n) is 8.53. The maximum Gasteiger partial charge on any atom is 0.304 e. The van der Waals surface area contributed by atoms with E-state index in [4.69, 9.17) is 22.4 Å². The van der Waals surface area contributed by atoms with Crippen molar-refractivity contribution in [1.29, 1.82) is 0 Å². The summed E-state index contributed by atoms with van der Waals surface area (Å²) >= 11 is 5.96. The molecule has 1 unspecified atom stereocenters. The molecule has 82 valence electrons. The Bertz CT molecular complexity index is 366. The second-order valence-electron chi connectivity index (χ2n) is 3.48. The second kappa shape index (κ2) is 5.14. The summed E-state index contributed by atoms with van der Waals surface area (Å²) in [6, 6.07) is 5.48. The van der Waals surface area contributed by atoms with Crippen molar-refractivity contribution in [3.63, 3.8) is 0 Å². The standard InChI is InChI=1S/C11H14ClNO2/c1-7-9(3-2-4-10(7)12)8(6-13)5-11(14)15/h2-4,8H,5-6,13H2,1H3,(H,14,15). The molecular formula is C11H14ClNO2. The summed E-state index contributed by atoms with van der Waals surface area (Å²) in [6.45, 7) is 2.19. The van der Waals surface area contributed by atoms with Gasteiger partial charge in [-0.25, -0.2) is 0 Å². The van der Waals surface area contributed by atoms with Gasteiger partial charge in [-0.3, -0.25) is 4.79 Å². The van der Waals surface area contributed by atoms with E-state index in [9.17, 15) is 4.79 Å². The van der Waals surface area contributed by atoms with Crippen LogP contribution in [0.2, 0.25) is 5.02 Å². The lowest BCUT2D eigenvalue weighted by Gasteiger charge is -2.16. The zero-order valence-corrected chi connectivity index (χ0v) is 9.29. The number of hydrogen-bond acceptors (Lipinski definition) is 2. The van der Waals surface area contributed by atoms with E-state index in [1.165, 1.54) is 0 Å². The molecule has 0 bridgehead atoms. The maximum absolute atomic E-state index is 10.6. The van der Waals surface area contributed by atoms with Crippen LogP contribution in [0.4, 0.5) is 0 Å². The van der Waals surface area contributed by atoms with Crippen molar-refractivity contribution in [1.82, 2.24) is 0 Å². The first-order chi connectivity index (χ1) is 7.06. The molecule has 0 amide bonds. The lowest BCUT2D eigenvalue weighted by Crippen LogP contribution is -2.17. The molecule has 4 heteroatoms. The van der Waals surface area contributed by atoms with E-state index >= 15 is 0 Å². The van der Waals surface area contributed by atoms with Crippen LogP contribution in [-0.4, -0.2) is 17.6 Å². The van der Waals surface area contributed by atoms with Crippen molar-refractivity contribution < 1.29 is 9.90 Å². The van der Waals surface area contributed by atoms with E-state index in [0.717, 1.165) is 11.1 Å². The lowest BCUT2D eigenvalue weighted by atomic mass is 9.92. The van der Waals surface area contributed by atoms with E-state index in [1.807, 2.05) is 19.1 Å². The molecule has 0 saturated heterocycles. The van der Waals surface area contributed by atoms with Crippen LogP contribution < -0.4 is 5.73 Å². The highest BCUT2D eigenvalue weighted by Crippen LogP contribution is 2.27. The Morgan fingerprint density at radius 2 is 2.27 bits per heavy atom. The summed E-state index contributed by atoms with van der Waals surface area (Å²) in [5, 5.41) is 9.40. The fraction of sp³-hybridized carbons (Fsp3) is 0.364. The Morgan fingerprint density at radius 3 is 2.80 bits per heavy atom. The van der Waals surface area contributed by atoms with Crippen molar-refractivity contribution in [3.05, 3.63) is 34.3 Å². The van der Waals surface area contributed by atoms with Gasteiger partial charge in [0.15, 0.2) is 0 Å². The van der Waals surface area contributed by atoms with E-state index in [2.05, 4.69) is 0 Å². The van der Waals surface area contributed by atoms with Gasteiger partial charge in [0, 0.05) is 10.9 Å². The molecule has 0 aliphatic rings. The highest BCUT2D eigenvalue weighted by molar-refractivity contribution is 6.31. The molecule has 15 heavy (non-hydrogen) atoms. The third-order valence-electron chi connectivity index (χ3n) is 2.45. The third kappa shape index (κ3) is 2.94. The van der Waals surface area contributed by atoms with Gasteiger partial charge >= 0.3 is 5.97 Å². The van der Waals surface area contributed by atoms with Gasteiger partial charge < -0.3 is 10.8 Å². The van der Waals surface area contributed by atoms with Gasteiger partial charge in [0.2, 0.25) is 0 Å². The molecule has 0 aliphatic carbocycles. The third-order valence-corrected chi connectivity index (χ3v) is 2.86. The van der Waals surface area contributed by atoms with Gasteiger partial charge in [0.05, 0.1) is 6.42 Å². The number of carboxylic acid groups (broad SMARTS) is 1. The van der Waals surface area contributed by atoms with Crippen LogP contribution in [0.25, 0.3) is 0 Å². The topological polar surface area (TPSA) is 63.3 Å². The number of carboxylic acids is 1. The Hall–Kier alpha value is -1.06. The van der Waals surface area contributed by atoms with Gasteiger partial charge in [-0.15, -0.1) is 0 Å². The van der Waals surface area contributed by atoms with E-state index in [0.29, 0.717) is 11.6 Å². The Morgan fingerprint density at radius 1 is 1.60 bits per heavy atom. The molecule has 1 aromatic rings. The second-order valence-corrected chi connectivity index (χ2v) is 3.89. The van der Waals surface area contributed by atoms with Crippen LogP contribution in [0.1, 0.15) is 23.5 Å². The molecule has 0 radical (unpaired) electrons. The first-order valence-electron chi connectivity index (χ1n) is 4.73. The fourth-order valence-electron chi connectivity index (χ4n) is 1.60. The molecular weight excluding hydrogens is 214 g/mol. The predicted molar refractivity (Wildman–Crippen MR) is 60.2 cm³/mol. The summed E-state index contributed by atoms with van der Waals surface area (Å²) in [6.07, 6.45) is 0.0394. The van der Waals surface area contributed by atoms with E-state index < -0.39 is 5.97 Å². The van der Waals surface area contributed by atoms with Crippen LogP contribution in [0.5, 0.6) is 0 Å². The SMILES string of the molecule is Cc1c(Cl)cccc1C(CN)CC(=O)O. The minimum absolute atomic E-state index is 0.0394. The molecule has 0 aliphatic heterocycles. The minimum atomic E-state index is -0.843. The number of benzene rings is 1. The van der Waals surface area contributed by atoms with Crippen LogP contribution in [0, 0.1) is 6.92 Å². The molecule has 0 fully saturated rings. The molecule has 3 nitrogen and oxygen atoms in total. The number of rotatable bonds is 4. The molecule has 0 spiro atoms. The summed E-state index contributed by atoms with van der Waals surface area (Å²) in [4.78, 5) is 10.6. The van der Waals surface area contributed by atoms with Crippen molar-refractivity contribution in [2.24, 2.45) is 5.73 Å². The number of aliphatic carboxylic acids is 1. The number of nitrogens with two attached hydrogens (primary N) is 1. The van der Waals surface area contributed by atoms with Gasteiger partial charge in [0.1, 0.15) is 0 Å².